The molecule has 4 atom stereocenters. The summed E-state index contributed by atoms with van der Waals surface area (Å²) in [6, 6.07) is 22.0. The molecule has 2 saturated heterocycles. The summed E-state index contributed by atoms with van der Waals surface area (Å²) >= 11 is 6.20. The molecule has 6 rings (SSSR count). The molecule has 0 bridgehead atoms. The first-order valence-electron chi connectivity index (χ1n) is 13.3. The first kappa shape index (κ1) is 26.7. The number of aryl methyl sites for hydroxylation is 1. The molecule has 2 fully saturated rings. The molecule has 2 heterocycles. The summed E-state index contributed by atoms with van der Waals surface area (Å²) in [6.07, 6.45) is 0.237. The molecular weight excluding hydrogens is 548 g/mol. The van der Waals surface area contributed by atoms with Crippen molar-refractivity contribution in [3.05, 3.63) is 106 Å². The summed E-state index contributed by atoms with van der Waals surface area (Å²) in [5.41, 5.74) is 2.94. The molecule has 3 aliphatic rings. The van der Waals surface area contributed by atoms with Crippen molar-refractivity contribution in [2.45, 2.75) is 31.2 Å². The quantitative estimate of drug-likeness (QED) is 0.361. The van der Waals surface area contributed by atoms with Gasteiger partial charge in [-0.2, -0.15) is 4.31 Å². The summed E-state index contributed by atoms with van der Waals surface area (Å²) < 4.78 is 36.0. The zero-order valence-electron chi connectivity index (χ0n) is 22.2. The Bertz CT molecular complexity index is 1600. The Morgan fingerprint density at radius 1 is 0.900 bits per heavy atom. The molecule has 0 N–H and O–H groups in total. The minimum atomic E-state index is -3.98. The first-order valence-corrected chi connectivity index (χ1v) is 15.2. The van der Waals surface area contributed by atoms with E-state index in [1.807, 2.05) is 32.0 Å². The van der Waals surface area contributed by atoms with Crippen LogP contribution in [0.3, 0.4) is 0 Å². The van der Waals surface area contributed by atoms with E-state index in [1.54, 1.807) is 60.7 Å². The van der Waals surface area contributed by atoms with Gasteiger partial charge in [-0.05, 0) is 61.4 Å². The summed E-state index contributed by atoms with van der Waals surface area (Å²) in [5.74, 6) is -1.84. The van der Waals surface area contributed by atoms with Crippen molar-refractivity contribution in [2.24, 2.45) is 17.8 Å². The number of para-hydroxylation sites is 1. The number of benzene rings is 3. The molecule has 0 aromatic heterocycles. The zero-order chi connectivity index (χ0) is 28.2. The topological polar surface area (TPSA) is 84.0 Å². The van der Waals surface area contributed by atoms with Crippen molar-refractivity contribution < 1.29 is 22.7 Å². The van der Waals surface area contributed by atoms with Crippen molar-refractivity contribution in [2.75, 3.05) is 18.1 Å². The summed E-state index contributed by atoms with van der Waals surface area (Å²) in [6.45, 7) is 4.17. The van der Waals surface area contributed by atoms with Crippen LogP contribution in [0.25, 0.3) is 0 Å². The van der Waals surface area contributed by atoms with Gasteiger partial charge in [0.25, 0.3) is 0 Å². The molecule has 0 spiro atoms. The lowest BCUT2D eigenvalue weighted by atomic mass is 9.71. The normalized spacial score (nSPS) is 24.8. The van der Waals surface area contributed by atoms with Gasteiger partial charge in [0.2, 0.25) is 21.8 Å². The highest BCUT2D eigenvalue weighted by Crippen LogP contribution is 2.55. The number of anilines is 1. The second-order valence-corrected chi connectivity index (χ2v) is 12.8. The number of fused-ring (bicyclic) bond motifs is 3. The predicted molar refractivity (Wildman–Crippen MR) is 152 cm³/mol. The number of carbonyl (C=O) groups excluding carboxylic acids is 2. The standard InChI is InChI=1S/C31H29ClN2O5S/c1-3-39-26-17-24-27(31(36)34(30(24)35)22-7-5-4-6-8-22)25-18-33(40(37,38)23-15-9-19(2)10-16-23)29(28(25)26)20-11-13-21(32)14-12-20/h4-16,24-25,27,29H,3,17-18H2,1-2H3/t24-,25-,27-,29-/m0/s1. The van der Waals surface area contributed by atoms with Crippen LogP contribution < -0.4 is 4.90 Å². The number of rotatable bonds is 6. The summed E-state index contributed by atoms with van der Waals surface area (Å²) in [4.78, 5) is 29.1. The third-order valence-electron chi connectivity index (χ3n) is 8.14. The highest BCUT2D eigenvalue weighted by Gasteiger charge is 2.60. The maximum Gasteiger partial charge on any atom is 0.243 e. The fraction of sp³-hybridized carbons (Fsp3) is 0.290. The number of ether oxygens (including phenoxy) is 1. The molecule has 9 heteroatoms. The zero-order valence-corrected chi connectivity index (χ0v) is 23.7. The Morgan fingerprint density at radius 3 is 2.23 bits per heavy atom. The molecule has 7 nitrogen and oxygen atoms in total. The third kappa shape index (κ3) is 4.26. The van der Waals surface area contributed by atoms with Crippen LogP contribution in [0.2, 0.25) is 5.02 Å². The van der Waals surface area contributed by atoms with Crippen LogP contribution >= 0.6 is 11.6 Å². The van der Waals surface area contributed by atoms with E-state index in [4.69, 9.17) is 16.3 Å². The third-order valence-corrected chi connectivity index (χ3v) is 10.2. The molecule has 206 valence electrons. The van der Waals surface area contributed by atoms with Crippen molar-refractivity contribution in [1.82, 2.24) is 4.31 Å². The van der Waals surface area contributed by atoms with Gasteiger partial charge in [-0.3, -0.25) is 14.5 Å². The van der Waals surface area contributed by atoms with Crippen molar-refractivity contribution in [3.8, 4) is 0 Å². The molecule has 3 aromatic carbocycles. The second-order valence-electron chi connectivity index (χ2n) is 10.4. The van der Waals surface area contributed by atoms with Gasteiger partial charge in [-0.25, -0.2) is 8.42 Å². The van der Waals surface area contributed by atoms with Crippen LogP contribution in [0.5, 0.6) is 0 Å². The lowest BCUT2D eigenvalue weighted by Gasteiger charge is -2.32. The highest BCUT2D eigenvalue weighted by atomic mass is 35.5. The molecule has 0 radical (unpaired) electrons. The highest BCUT2D eigenvalue weighted by molar-refractivity contribution is 7.89. The van der Waals surface area contributed by atoms with Crippen molar-refractivity contribution >= 4 is 39.1 Å². The number of carbonyl (C=O) groups is 2. The monoisotopic (exact) mass is 576 g/mol. The number of halogens is 1. The van der Waals surface area contributed by atoms with Crippen LogP contribution in [-0.4, -0.2) is 37.7 Å². The maximum absolute atomic E-state index is 14.2. The van der Waals surface area contributed by atoms with Gasteiger partial charge in [-0.15, -0.1) is 0 Å². The smallest absolute Gasteiger partial charge is 0.243 e. The Morgan fingerprint density at radius 2 is 1.57 bits per heavy atom. The van der Waals surface area contributed by atoms with Gasteiger partial charge in [0, 0.05) is 23.9 Å². The molecule has 0 unspecified atom stereocenters. The van der Waals surface area contributed by atoms with Gasteiger partial charge in [0.15, 0.2) is 0 Å². The van der Waals surface area contributed by atoms with Crippen molar-refractivity contribution in [3.63, 3.8) is 0 Å². The van der Waals surface area contributed by atoms with E-state index < -0.39 is 33.8 Å². The molecule has 40 heavy (non-hydrogen) atoms. The number of allylic oxidation sites excluding steroid dienone is 1. The van der Waals surface area contributed by atoms with Gasteiger partial charge in [-0.1, -0.05) is 59.6 Å². The number of sulfonamides is 1. The average molecular weight is 577 g/mol. The van der Waals surface area contributed by atoms with E-state index in [-0.39, 0.29) is 29.7 Å². The second kappa shape index (κ2) is 10.2. The molecule has 1 aliphatic carbocycles. The lowest BCUT2D eigenvalue weighted by Crippen LogP contribution is -2.35. The van der Waals surface area contributed by atoms with Crippen LogP contribution in [0.4, 0.5) is 5.69 Å². The van der Waals surface area contributed by atoms with Crippen molar-refractivity contribution in [1.29, 1.82) is 0 Å². The fourth-order valence-corrected chi connectivity index (χ4v) is 8.12. The van der Waals surface area contributed by atoms with E-state index in [2.05, 4.69) is 0 Å². The van der Waals surface area contributed by atoms with E-state index in [1.165, 1.54) is 9.21 Å². The predicted octanol–water partition coefficient (Wildman–Crippen LogP) is 5.51. The maximum atomic E-state index is 14.2. The van der Waals surface area contributed by atoms with E-state index in [0.717, 1.165) is 16.7 Å². The number of imide groups is 1. The van der Waals surface area contributed by atoms with Crippen LogP contribution in [-0.2, 0) is 24.3 Å². The largest absolute Gasteiger partial charge is 0.498 e. The minimum absolute atomic E-state index is 0.0538. The van der Waals surface area contributed by atoms with Gasteiger partial charge in [0.05, 0.1) is 40.8 Å². The Labute approximate surface area is 239 Å². The van der Waals surface area contributed by atoms with Crippen LogP contribution in [0.15, 0.2) is 95.1 Å². The number of hydrogen-bond acceptors (Lipinski definition) is 5. The Kier molecular flexibility index (Phi) is 6.81. The summed E-state index contributed by atoms with van der Waals surface area (Å²) in [5, 5.41) is 0.532. The van der Waals surface area contributed by atoms with Crippen LogP contribution in [0, 0.1) is 24.7 Å². The molecule has 2 aliphatic heterocycles. The average Bonchev–Trinajstić information content (AvgIpc) is 3.46. The number of nitrogens with zero attached hydrogens (tertiary/aromatic N) is 2. The number of amides is 2. The molecule has 3 aromatic rings. The first-order chi connectivity index (χ1) is 19.2. The molecule has 2 amide bonds. The number of hydrogen-bond donors (Lipinski definition) is 0. The SMILES string of the molecule is CCOC1=C2[C@@H](CN(S(=O)(=O)c3ccc(C)cc3)[C@H]2c2ccc(Cl)cc2)[C@H]2C(=O)N(c3ccccc3)C(=O)[C@H]2C1. The van der Waals surface area contributed by atoms with Crippen LogP contribution in [0.1, 0.15) is 30.5 Å². The Balaban J connectivity index is 1.51. The van der Waals surface area contributed by atoms with E-state index in [0.29, 0.717) is 23.1 Å². The molecule has 0 saturated carbocycles. The Hall–Kier alpha value is -3.46. The fourth-order valence-electron chi connectivity index (χ4n) is 6.38. The van der Waals surface area contributed by atoms with Gasteiger partial charge >= 0.3 is 0 Å². The lowest BCUT2D eigenvalue weighted by molar-refractivity contribution is -0.122. The van der Waals surface area contributed by atoms with E-state index in [9.17, 15) is 18.0 Å². The minimum Gasteiger partial charge on any atom is -0.498 e. The van der Waals surface area contributed by atoms with Gasteiger partial charge in [0.1, 0.15) is 0 Å². The van der Waals surface area contributed by atoms with Gasteiger partial charge < -0.3 is 4.74 Å². The van der Waals surface area contributed by atoms with E-state index >= 15 is 0 Å². The molecular formula is C31H29ClN2O5S. The summed E-state index contributed by atoms with van der Waals surface area (Å²) in [7, 11) is -3.98.